The van der Waals surface area contributed by atoms with Crippen LogP contribution in [0.25, 0.3) is 93.0 Å². The fraction of sp³-hybridized carbons (Fsp3) is 0.0172. The molecule has 3 aromatic heterocycles. The molecule has 0 fully saturated rings. The molecule has 6 heteroatoms. The maximum absolute atomic E-state index is 5.04. The standard InChI is InChI=1S/C57H37N5S.CH4/c1-5-15-39(16-6-1)55-58-56(40-17-7-2-8-18-40)60-57(59-55)42-28-33-53-49(36-42)50-37-46(31-34-54(50)63-53)62-51-24-14-13-23-47(51)48-35-41(27-32-52(48)62)38-25-29-45(30-26-38)61(43-19-9-3-10-20-43)44-21-11-4-12-22-44;/h1-37H;1H4. The molecule has 0 unspecified atom stereocenters. The summed E-state index contributed by atoms with van der Waals surface area (Å²) in [5.41, 5.74) is 12.0. The SMILES string of the molecule is C.c1ccc(-c2nc(-c3ccccc3)nc(-c3ccc4sc5ccc(-n6c7ccccc7c7cc(-c8ccc(N(c9ccccc9)c9ccccc9)cc8)ccc76)cc5c4c3)n2)cc1. The van der Waals surface area contributed by atoms with Crippen LogP contribution in [-0.4, -0.2) is 19.5 Å². The molecular weight excluding hydrogens is 799 g/mol. The highest BCUT2D eigenvalue weighted by Gasteiger charge is 2.18. The molecular formula is C58H41N5S. The van der Waals surface area contributed by atoms with Crippen molar-refractivity contribution in [2.45, 2.75) is 7.43 Å². The molecule has 9 aromatic carbocycles. The number of rotatable bonds is 8. The monoisotopic (exact) mass is 839 g/mol. The minimum absolute atomic E-state index is 0. The van der Waals surface area contributed by atoms with Gasteiger partial charge in [-0.3, -0.25) is 0 Å². The van der Waals surface area contributed by atoms with Gasteiger partial charge in [-0.1, -0.05) is 141 Å². The Labute approximate surface area is 375 Å². The maximum atomic E-state index is 5.04. The number of nitrogens with zero attached hydrogens (tertiary/aromatic N) is 5. The molecule has 0 N–H and O–H groups in total. The van der Waals surface area contributed by atoms with Gasteiger partial charge in [0.25, 0.3) is 0 Å². The largest absolute Gasteiger partial charge is 0.311 e. The topological polar surface area (TPSA) is 46.8 Å². The summed E-state index contributed by atoms with van der Waals surface area (Å²) in [6.07, 6.45) is 0. The molecule has 0 atom stereocenters. The number of thiophene rings is 1. The van der Waals surface area contributed by atoms with E-state index in [9.17, 15) is 0 Å². The van der Waals surface area contributed by atoms with E-state index in [4.69, 9.17) is 15.0 Å². The Balaban J connectivity index is 0.00000456. The molecule has 0 aliphatic heterocycles. The van der Waals surface area contributed by atoms with Gasteiger partial charge in [0.1, 0.15) is 0 Å². The van der Waals surface area contributed by atoms with Gasteiger partial charge in [0, 0.05) is 70.4 Å². The van der Waals surface area contributed by atoms with E-state index in [1.807, 2.05) is 72.0 Å². The lowest BCUT2D eigenvalue weighted by atomic mass is 10.0. The molecule has 3 heterocycles. The molecule has 0 saturated carbocycles. The maximum Gasteiger partial charge on any atom is 0.164 e. The summed E-state index contributed by atoms with van der Waals surface area (Å²) >= 11 is 1.81. The Morgan fingerprint density at radius 1 is 0.328 bits per heavy atom. The van der Waals surface area contributed by atoms with Gasteiger partial charge in [0.15, 0.2) is 17.5 Å². The number of anilines is 3. The Kier molecular flexibility index (Phi) is 9.83. The van der Waals surface area contributed by atoms with Gasteiger partial charge < -0.3 is 9.47 Å². The quantitative estimate of drug-likeness (QED) is 0.153. The van der Waals surface area contributed by atoms with Crippen molar-refractivity contribution in [3.05, 3.63) is 224 Å². The van der Waals surface area contributed by atoms with E-state index in [-0.39, 0.29) is 7.43 Å². The number of para-hydroxylation sites is 3. The zero-order chi connectivity index (χ0) is 41.7. The van der Waals surface area contributed by atoms with Crippen molar-refractivity contribution >= 4 is 70.4 Å². The highest BCUT2D eigenvalue weighted by molar-refractivity contribution is 7.25. The van der Waals surface area contributed by atoms with Gasteiger partial charge in [0.2, 0.25) is 0 Å². The van der Waals surface area contributed by atoms with Gasteiger partial charge in [-0.25, -0.2) is 15.0 Å². The van der Waals surface area contributed by atoms with E-state index in [0.717, 1.165) is 39.4 Å². The molecule has 0 amide bonds. The smallest absolute Gasteiger partial charge is 0.164 e. The van der Waals surface area contributed by atoms with E-state index in [0.29, 0.717) is 17.5 Å². The highest BCUT2D eigenvalue weighted by atomic mass is 32.1. The first-order valence-corrected chi connectivity index (χ1v) is 21.9. The fourth-order valence-corrected chi connectivity index (χ4v) is 9.88. The molecule has 5 nitrogen and oxygen atoms in total. The number of fused-ring (bicyclic) bond motifs is 6. The summed E-state index contributed by atoms with van der Waals surface area (Å²) in [6, 6.07) is 79.4. The molecule has 0 bridgehead atoms. The number of hydrogen-bond acceptors (Lipinski definition) is 5. The van der Waals surface area contributed by atoms with Crippen molar-refractivity contribution < 1.29 is 0 Å². The zero-order valence-corrected chi connectivity index (χ0v) is 34.8. The average molecular weight is 840 g/mol. The predicted molar refractivity (Wildman–Crippen MR) is 270 cm³/mol. The van der Waals surface area contributed by atoms with E-state index < -0.39 is 0 Å². The second-order valence-corrected chi connectivity index (χ2v) is 16.8. The summed E-state index contributed by atoms with van der Waals surface area (Å²) < 4.78 is 4.87. The van der Waals surface area contributed by atoms with Gasteiger partial charge in [-0.2, -0.15) is 0 Å². The van der Waals surface area contributed by atoms with Crippen LogP contribution in [0.15, 0.2) is 224 Å². The fourth-order valence-electron chi connectivity index (χ4n) is 8.82. The Hall–Kier alpha value is -8.19. The normalized spacial score (nSPS) is 11.3. The van der Waals surface area contributed by atoms with Crippen molar-refractivity contribution in [3.63, 3.8) is 0 Å². The number of benzene rings is 9. The molecule has 64 heavy (non-hydrogen) atoms. The van der Waals surface area contributed by atoms with Crippen LogP contribution in [0, 0.1) is 0 Å². The summed E-state index contributed by atoms with van der Waals surface area (Å²) in [4.78, 5) is 17.3. The molecule has 0 spiro atoms. The van der Waals surface area contributed by atoms with Crippen LogP contribution in [-0.2, 0) is 0 Å². The van der Waals surface area contributed by atoms with E-state index in [1.165, 1.54) is 53.1 Å². The molecule has 0 aliphatic rings. The lowest BCUT2D eigenvalue weighted by Crippen LogP contribution is -2.09. The van der Waals surface area contributed by atoms with Crippen LogP contribution in [0.5, 0.6) is 0 Å². The Bertz CT molecular complexity index is 3510. The van der Waals surface area contributed by atoms with Crippen LogP contribution in [0.4, 0.5) is 17.1 Å². The minimum Gasteiger partial charge on any atom is -0.311 e. The minimum atomic E-state index is 0. The molecule has 12 aromatic rings. The Morgan fingerprint density at radius 2 is 0.781 bits per heavy atom. The first kappa shape index (κ1) is 38.7. The molecule has 0 aliphatic carbocycles. The van der Waals surface area contributed by atoms with Crippen LogP contribution >= 0.6 is 11.3 Å². The van der Waals surface area contributed by atoms with Crippen molar-refractivity contribution in [2.75, 3.05) is 4.90 Å². The highest BCUT2D eigenvalue weighted by Crippen LogP contribution is 2.41. The lowest BCUT2D eigenvalue weighted by Gasteiger charge is -2.25. The van der Waals surface area contributed by atoms with Crippen molar-refractivity contribution in [3.8, 4) is 51.0 Å². The second-order valence-electron chi connectivity index (χ2n) is 15.7. The van der Waals surface area contributed by atoms with Gasteiger partial charge in [-0.15, -0.1) is 11.3 Å². The molecule has 0 radical (unpaired) electrons. The molecule has 12 rings (SSSR count). The van der Waals surface area contributed by atoms with Crippen LogP contribution in [0.3, 0.4) is 0 Å². The summed E-state index contributed by atoms with van der Waals surface area (Å²) in [5.74, 6) is 1.96. The lowest BCUT2D eigenvalue weighted by molar-refractivity contribution is 1.07. The first-order valence-electron chi connectivity index (χ1n) is 21.1. The van der Waals surface area contributed by atoms with Crippen molar-refractivity contribution in [1.82, 2.24) is 19.5 Å². The number of aromatic nitrogens is 4. The Morgan fingerprint density at radius 3 is 1.41 bits per heavy atom. The van der Waals surface area contributed by atoms with Gasteiger partial charge in [-0.05, 0) is 102 Å². The molecule has 304 valence electrons. The van der Waals surface area contributed by atoms with Crippen LogP contribution in [0.2, 0.25) is 0 Å². The van der Waals surface area contributed by atoms with Crippen molar-refractivity contribution in [1.29, 1.82) is 0 Å². The first-order chi connectivity index (χ1) is 31.2. The predicted octanol–water partition coefficient (Wildman–Crippen LogP) is 16.1. The summed E-state index contributed by atoms with van der Waals surface area (Å²) in [5, 5.41) is 4.83. The van der Waals surface area contributed by atoms with Crippen LogP contribution < -0.4 is 4.90 Å². The summed E-state index contributed by atoms with van der Waals surface area (Å²) in [6.45, 7) is 0. The van der Waals surface area contributed by atoms with E-state index in [1.54, 1.807) is 0 Å². The van der Waals surface area contributed by atoms with Gasteiger partial charge >= 0.3 is 0 Å². The van der Waals surface area contributed by atoms with Gasteiger partial charge in [0.05, 0.1) is 11.0 Å². The zero-order valence-electron chi connectivity index (χ0n) is 34.0. The third kappa shape index (κ3) is 6.87. The summed E-state index contributed by atoms with van der Waals surface area (Å²) in [7, 11) is 0. The van der Waals surface area contributed by atoms with E-state index >= 15 is 0 Å². The third-order valence-electron chi connectivity index (χ3n) is 11.8. The van der Waals surface area contributed by atoms with E-state index in [2.05, 4.69) is 173 Å². The number of hydrogen-bond donors (Lipinski definition) is 0. The second kappa shape index (κ2) is 16.3. The third-order valence-corrected chi connectivity index (χ3v) is 13.0. The van der Waals surface area contributed by atoms with Crippen molar-refractivity contribution in [2.24, 2.45) is 0 Å². The van der Waals surface area contributed by atoms with Crippen LogP contribution in [0.1, 0.15) is 7.43 Å². The molecule has 0 saturated heterocycles. The average Bonchev–Trinajstić information content (AvgIpc) is 3.90.